The van der Waals surface area contributed by atoms with Gasteiger partial charge in [-0.15, -0.1) is 0 Å². The van der Waals surface area contributed by atoms with Crippen LogP contribution in [0.3, 0.4) is 0 Å². The second-order valence-corrected chi connectivity index (χ2v) is 7.58. The van der Waals surface area contributed by atoms with Crippen molar-refractivity contribution in [2.45, 2.75) is 52.1 Å². The van der Waals surface area contributed by atoms with Crippen molar-refractivity contribution < 1.29 is 34.0 Å². The van der Waals surface area contributed by atoms with E-state index in [1.807, 2.05) is 30.3 Å². The zero-order valence-corrected chi connectivity index (χ0v) is 17.6. The Bertz CT molecular complexity index is 643. The standard InChI is InChI=1S/C22H32O7/c1-22(2,3)21(25)28-15-19(24)20(29-16-26-4)13-18(23)11-8-12-27-14-17-9-6-5-7-10-17/h5-7,9-10,18-20,23-24H,12-16H2,1-4H3/t18-,19-,20+/m1/s1. The Balaban J connectivity index is 2.46. The van der Waals surface area contributed by atoms with E-state index in [0.29, 0.717) is 6.61 Å². The van der Waals surface area contributed by atoms with E-state index in [4.69, 9.17) is 18.9 Å². The van der Waals surface area contributed by atoms with Gasteiger partial charge in [0.15, 0.2) is 0 Å². The fraction of sp³-hybridized carbons (Fsp3) is 0.591. The fourth-order valence-corrected chi connectivity index (χ4v) is 2.21. The number of aliphatic hydroxyl groups excluding tert-OH is 2. The van der Waals surface area contributed by atoms with Crippen molar-refractivity contribution in [3.63, 3.8) is 0 Å². The van der Waals surface area contributed by atoms with Crippen molar-refractivity contribution in [3.8, 4) is 11.8 Å². The topological polar surface area (TPSA) is 94.5 Å². The Labute approximate surface area is 172 Å². The summed E-state index contributed by atoms with van der Waals surface area (Å²) in [5, 5.41) is 20.4. The van der Waals surface area contributed by atoms with Gasteiger partial charge in [0.05, 0.1) is 18.1 Å². The minimum absolute atomic E-state index is 0.0310. The number of hydrogen-bond donors (Lipinski definition) is 2. The van der Waals surface area contributed by atoms with Crippen molar-refractivity contribution in [1.29, 1.82) is 0 Å². The molecule has 0 unspecified atom stereocenters. The van der Waals surface area contributed by atoms with Crippen molar-refractivity contribution >= 4 is 5.97 Å². The van der Waals surface area contributed by atoms with E-state index >= 15 is 0 Å². The molecule has 0 saturated heterocycles. The molecule has 0 spiro atoms. The van der Waals surface area contributed by atoms with Crippen LogP contribution >= 0.6 is 0 Å². The average molecular weight is 408 g/mol. The van der Waals surface area contributed by atoms with Crippen molar-refractivity contribution in [1.82, 2.24) is 0 Å². The van der Waals surface area contributed by atoms with E-state index in [1.165, 1.54) is 7.11 Å². The molecule has 3 atom stereocenters. The first-order valence-electron chi connectivity index (χ1n) is 9.48. The lowest BCUT2D eigenvalue weighted by Crippen LogP contribution is -2.38. The number of carbonyl (C=O) groups excluding carboxylic acids is 1. The molecule has 7 heteroatoms. The van der Waals surface area contributed by atoms with Crippen molar-refractivity contribution in [2.75, 3.05) is 27.1 Å². The number of esters is 1. The molecule has 1 aromatic carbocycles. The predicted octanol–water partition coefficient (Wildman–Crippen LogP) is 1.90. The molecule has 29 heavy (non-hydrogen) atoms. The first-order chi connectivity index (χ1) is 13.7. The summed E-state index contributed by atoms with van der Waals surface area (Å²) in [5.74, 6) is 4.98. The first-order valence-corrected chi connectivity index (χ1v) is 9.48. The summed E-state index contributed by atoms with van der Waals surface area (Å²) < 4.78 is 20.8. The minimum atomic E-state index is -1.12. The molecule has 162 valence electrons. The van der Waals surface area contributed by atoms with Gasteiger partial charge in [0.25, 0.3) is 0 Å². The van der Waals surface area contributed by atoms with E-state index in [1.54, 1.807) is 20.8 Å². The lowest BCUT2D eigenvalue weighted by atomic mass is 9.97. The summed E-state index contributed by atoms with van der Waals surface area (Å²) in [6, 6.07) is 9.69. The van der Waals surface area contributed by atoms with Gasteiger partial charge in [-0.05, 0) is 26.3 Å². The quantitative estimate of drug-likeness (QED) is 0.250. The van der Waals surface area contributed by atoms with Gasteiger partial charge in [-0.3, -0.25) is 4.79 Å². The lowest BCUT2D eigenvalue weighted by molar-refractivity contribution is -0.164. The van der Waals surface area contributed by atoms with E-state index in [-0.39, 0.29) is 26.4 Å². The molecular formula is C22H32O7. The SMILES string of the molecule is COCO[C@@H](C[C@H](O)C#CCOCc1ccccc1)[C@H](O)COC(=O)C(C)(C)C. The van der Waals surface area contributed by atoms with Gasteiger partial charge in [0.1, 0.15) is 32.2 Å². The van der Waals surface area contributed by atoms with Crippen LogP contribution in [0.1, 0.15) is 32.8 Å². The molecule has 0 aliphatic rings. The molecular weight excluding hydrogens is 376 g/mol. The van der Waals surface area contributed by atoms with Gasteiger partial charge < -0.3 is 29.2 Å². The number of rotatable bonds is 11. The average Bonchev–Trinajstić information content (AvgIpc) is 2.68. The second kappa shape index (κ2) is 13.3. The molecule has 0 aliphatic carbocycles. The smallest absolute Gasteiger partial charge is 0.311 e. The summed E-state index contributed by atoms with van der Waals surface area (Å²) in [5.41, 5.74) is 0.365. The highest BCUT2D eigenvalue weighted by Crippen LogP contribution is 2.16. The third-order valence-electron chi connectivity index (χ3n) is 3.84. The maximum atomic E-state index is 11.8. The van der Waals surface area contributed by atoms with Gasteiger partial charge in [0, 0.05) is 13.5 Å². The van der Waals surface area contributed by atoms with Crippen LogP contribution in [-0.4, -0.2) is 61.6 Å². The highest BCUT2D eigenvalue weighted by Gasteiger charge is 2.28. The molecule has 1 rings (SSSR count). The molecule has 0 aromatic heterocycles. The van der Waals surface area contributed by atoms with Crippen LogP contribution in [-0.2, 0) is 30.3 Å². The zero-order chi connectivity index (χ0) is 21.7. The molecule has 0 bridgehead atoms. The maximum absolute atomic E-state index is 11.8. The third-order valence-corrected chi connectivity index (χ3v) is 3.84. The van der Waals surface area contributed by atoms with Gasteiger partial charge in [-0.2, -0.15) is 0 Å². The number of carbonyl (C=O) groups is 1. The number of aliphatic hydroxyl groups is 2. The number of benzene rings is 1. The molecule has 0 heterocycles. The van der Waals surface area contributed by atoms with Gasteiger partial charge >= 0.3 is 5.97 Å². The Kier molecular flexibility index (Phi) is 11.5. The minimum Gasteiger partial charge on any atom is -0.462 e. The largest absolute Gasteiger partial charge is 0.462 e. The molecule has 2 N–H and O–H groups in total. The molecule has 0 radical (unpaired) electrons. The Morgan fingerprint density at radius 1 is 1.17 bits per heavy atom. The molecule has 1 aromatic rings. The third kappa shape index (κ3) is 11.0. The normalized spacial score (nSPS) is 14.4. The van der Waals surface area contributed by atoms with Crippen LogP contribution in [0.4, 0.5) is 0 Å². The van der Waals surface area contributed by atoms with Crippen molar-refractivity contribution in [2.24, 2.45) is 5.41 Å². The zero-order valence-electron chi connectivity index (χ0n) is 17.6. The molecule has 0 amide bonds. The molecule has 0 aliphatic heterocycles. The summed E-state index contributed by atoms with van der Waals surface area (Å²) in [6.45, 7) is 5.45. The highest BCUT2D eigenvalue weighted by atomic mass is 16.7. The van der Waals surface area contributed by atoms with Crippen LogP contribution in [0.25, 0.3) is 0 Å². The highest BCUT2D eigenvalue weighted by molar-refractivity contribution is 5.75. The Morgan fingerprint density at radius 3 is 2.48 bits per heavy atom. The number of hydrogen-bond acceptors (Lipinski definition) is 7. The van der Waals surface area contributed by atoms with Crippen LogP contribution < -0.4 is 0 Å². The van der Waals surface area contributed by atoms with Crippen LogP contribution in [0, 0.1) is 17.3 Å². The summed E-state index contributed by atoms with van der Waals surface area (Å²) >= 11 is 0. The van der Waals surface area contributed by atoms with E-state index in [2.05, 4.69) is 11.8 Å². The van der Waals surface area contributed by atoms with E-state index in [0.717, 1.165) is 5.56 Å². The first kappa shape index (κ1) is 25.1. The molecule has 0 saturated carbocycles. The van der Waals surface area contributed by atoms with Crippen LogP contribution in [0.5, 0.6) is 0 Å². The molecule has 7 nitrogen and oxygen atoms in total. The lowest BCUT2D eigenvalue weighted by Gasteiger charge is -2.25. The second-order valence-electron chi connectivity index (χ2n) is 7.58. The fourth-order valence-electron chi connectivity index (χ4n) is 2.21. The van der Waals surface area contributed by atoms with Crippen LogP contribution in [0.2, 0.25) is 0 Å². The maximum Gasteiger partial charge on any atom is 0.311 e. The van der Waals surface area contributed by atoms with Crippen molar-refractivity contribution in [3.05, 3.63) is 35.9 Å². The number of methoxy groups -OCH3 is 1. The summed E-state index contributed by atoms with van der Waals surface area (Å²) in [6.07, 6.45) is -2.94. The van der Waals surface area contributed by atoms with E-state index < -0.39 is 29.7 Å². The molecule has 0 fully saturated rings. The van der Waals surface area contributed by atoms with Gasteiger partial charge in [-0.25, -0.2) is 0 Å². The monoisotopic (exact) mass is 408 g/mol. The Hall–Kier alpha value is -1.95. The van der Waals surface area contributed by atoms with Gasteiger partial charge in [-0.1, -0.05) is 42.2 Å². The van der Waals surface area contributed by atoms with E-state index in [9.17, 15) is 15.0 Å². The number of ether oxygens (including phenoxy) is 4. The van der Waals surface area contributed by atoms with Gasteiger partial charge in [0.2, 0.25) is 0 Å². The van der Waals surface area contributed by atoms with Crippen LogP contribution in [0.15, 0.2) is 30.3 Å². The Morgan fingerprint density at radius 2 is 1.86 bits per heavy atom. The predicted molar refractivity (Wildman–Crippen MR) is 108 cm³/mol. The summed E-state index contributed by atoms with van der Waals surface area (Å²) in [7, 11) is 1.45. The summed E-state index contributed by atoms with van der Waals surface area (Å²) in [4.78, 5) is 11.8.